The monoisotopic (exact) mass is 150 g/mol. The first-order valence-electron chi connectivity index (χ1n) is 3.61. The van der Waals surface area contributed by atoms with Crippen molar-refractivity contribution < 1.29 is 0 Å². The van der Waals surface area contributed by atoms with Crippen LogP contribution in [0.4, 0.5) is 5.82 Å². The summed E-state index contributed by atoms with van der Waals surface area (Å²) in [5, 5.41) is 3.24. The standard InChI is InChI=1S/C7H10N4/c1-4-6-5(2-9-4)7(8)11-3-10-6/h3-4,9H,2H2,1H3,(H2,8,10,11)/t4-/m1/s1. The van der Waals surface area contributed by atoms with Gasteiger partial charge in [0.25, 0.3) is 0 Å². The number of rotatable bonds is 0. The topological polar surface area (TPSA) is 63.8 Å². The molecule has 0 aliphatic carbocycles. The molecular formula is C7H10N4. The third-order valence-corrected chi connectivity index (χ3v) is 2.01. The van der Waals surface area contributed by atoms with Crippen molar-refractivity contribution in [1.82, 2.24) is 15.3 Å². The number of aromatic nitrogens is 2. The first-order valence-corrected chi connectivity index (χ1v) is 3.61. The van der Waals surface area contributed by atoms with Crippen molar-refractivity contribution in [2.45, 2.75) is 19.5 Å². The second-order valence-corrected chi connectivity index (χ2v) is 2.73. The number of fused-ring (bicyclic) bond motifs is 1. The highest BCUT2D eigenvalue weighted by Gasteiger charge is 2.21. The zero-order valence-corrected chi connectivity index (χ0v) is 6.33. The van der Waals surface area contributed by atoms with Gasteiger partial charge in [0.1, 0.15) is 12.1 Å². The smallest absolute Gasteiger partial charge is 0.131 e. The lowest BCUT2D eigenvalue weighted by atomic mass is 10.2. The molecular weight excluding hydrogens is 140 g/mol. The van der Waals surface area contributed by atoms with Gasteiger partial charge in [0.2, 0.25) is 0 Å². The van der Waals surface area contributed by atoms with Crippen LogP contribution in [0.25, 0.3) is 0 Å². The van der Waals surface area contributed by atoms with Crippen LogP contribution in [-0.2, 0) is 6.54 Å². The van der Waals surface area contributed by atoms with Crippen molar-refractivity contribution in [2.75, 3.05) is 5.73 Å². The molecule has 1 aromatic heterocycles. The minimum Gasteiger partial charge on any atom is -0.383 e. The molecule has 0 radical (unpaired) electrons. The number of nitrogens with zero attached hydrogens (tertiary/aromatic N) is 2. The summed E-state index contributed by atoms with van der Waals surface area (Å²) in [5.41, 5.74) is 7.74. The fourth-order valence-electron chi connectivity index (χ4n) is 1.35. The summed E-state index contributed by atoms with van der Waals surface area (Å²) in [6, 6.07) is 0.315. The Hall–Kier alpha value is -1.16. The van der Waals surface area contributed by atoms with Crippen LogP contribution >= 0.6 is 0 Å². The number of nitrogens with two attached hydrogens (primary N) is 1. The van der Waals surface area contributed by atoms with E-state index in [1.807, 2.05) is 0 Å². The molecule has 0 unspecified atom stereocenters. The third-order valence-electron chi connectivity index (χ3n) is 2.01. The molecule has 0 aromatic carbocycles. The van der Waals surface area contributed by atoms with Crippen LogP contribution in [-0.4, -0.2) is 9.97 Å². The van der Waals surface area contributed by atoms with E-state index in [0.29, 0.717) is 11.9 Å². The predicted molar refractivity (Wildman–Crippen MR) is 41.7 cm³/mol. The average Bonchev–Trinajstić information content (AvgIpc) is 2.35. The van der Waals surface area contributed by atoms with E-state index in [1.54, 1.807) is 0 Å². The van der Waals surface area contributed by atoms with E-state index in [4.69, 9.17) is 5.73 Å². The van der Waals surface area contributed by atoms with Gasteiger partial charge in [-0.2, -0.15) is 0 Å². The van der Waals surface area contributed by atoms with Gasteiger partial charge in [0, 0.05) is 18.2 Å². The molecule has 58 valence electrons. The summed E-state index contributed by atoms with van der Waals surface area (Å²) in [6.45, 7) is 2.86. The Morgan fingerprint density at radius 2 is 2.45 bits per heavy atom. The summed E-state index contributed by atoms with van der Waals surface area (Å²) in [5.74, 6) is 0.604. The van der Waals surface area contributed by atoms with Crippen LogP contribution in [0.3, 0.4) is 0 Å². The van der Waals surface area contributed by atoms with Crippen LogP contribution in [0.15, 0.2) is 6.33 Å². The highest BCUT2D eigenvalue weighted by atomic mass is 15.0. The molecule has 1 aliphatic heterocycles. The van der Waals surface area contributed by atoms with E-state index in [9.17, 15) is 0 Å². The van der Waals surface area contributed by atoms with Crippen LogP contribution in [0.5, 0.6) is 0 Å². The second-order valence-electron chi connectivity index (χ2n) is 2.73. The fraction of sp³-hybridized carbons (Fsp3) is 0.429. The van der Waals surface area contributed by atoms with E-state index in [-0.39, 0.29) is 0 Å². The molecule has 0 bridgehead atoms. The number of nitrogens with one attached hydrogen (secondary N) is 1. The van der Waals surface area contributed by atoms with E-state index in [1.165, 1.54) is 6.33 Å². The molecule has 2 rings (SSSR count). The number of nitrogen functional groups attached to an aromatic ring is 1. The van der Waals surface area contributed by atoms with Crippen LogP contribution < -0.4 is 11.1 Å². The van der Waals surface area contributed by atoms with Crippen molar-refractivity contribution in [2.24, 2.45) is 0 Å². The molecule has 0 spiro atoms. The molecule has 1 atom stereocenters. The average molecular weight is 150 g/mol. The van der Waals surface area contributed by atoms with E-state index in [0.717, 1.165) is 17.8 Å². The Balaban J connectivity index is 2.57. The highest BCUT2D eigenvalue weighted by molar-refractivity contribution is 5.44. The van der Waals surface area contributed by atoms with E-state index < -0.39 is 0 Å². The maximum Gasteiger partial charge on any atom is 0.131 e. The molecule has 4 nitrogen and oxygen atoms in total. The Morgan fingerprint density at radius 3 is 3.18 bits per heavy atom. The maximum absolute atomic E-state index is 5.64. The third kappa shape index (κ3) is 0.867. The molecule has 0 saturated carbocycles. The molecule has 0 saturated heterocycles. The maximum atomic E-state index is 5.64. The van der Waals surface area contributed by atoms with Crippen molar-refractivity contribution in [1.29, 1.82) is 0 Å². The lowest BCUT2D eigenvalue weighted by Gasteiger charge is -2.01. The van der Waals surface area contributed by atoms with Gasteiger partial charge in [0.15, 0.2) is 0 Å². The van der Waals surface area contributed by atoms with Crippen LogP contribution in [0.2, 0.25) is 0 Å². The quantitative estimate of drug-likeness (QED) is 0.555. The van der Waals surface area contributed by atoms with E-state index in [2.05, 4.69) is 22.2 Å². The van der Waals surface area contributed by atoms with Gasteiger partial charge >= 0.3 is 0 Å². The first kappa shape index (κ1) is 6.54. The number of hydrogen-bond acceptors (Lipinski definition) is 4. The Morgan fingerprint density at radius 1 is 1.64 bits per heavy atom. The zero-order valence-electron chi connectivity index (χ0n) is 6.33. The number of anilines is 1. The molecule has 2 heterocycles. The van der Waals surface area contributed by atoms with Gasteiger partial charge in [-0.1, -0.05) is 0 Å². The van der Waals surface area contributed by atoms with E-state index >= 15 is 0 Å². The first-order chi connectivity index (χ1) is 5.29. The number of hydrogen-bond donors (Lipinski definition) is 2. The normalized spacial score (nSPS) is 21.7. The predicted octanol–water partition coefficient (Wildman–Crippen LogP) is 0.223. The Kier molecular flexibility index (Phi) is 1.29. The van der Waals surface area contributed by atoms with Crippen molar-refractivity contribution >= 4 is 5.82 Å². The molecule has 3 N–H and O–H groups in total. The molecule has 0 fully saturated rings. The van der Waals surface area contributed by atoms with Gasteiger partial charge in [-0.25, -0.2) is 9.97 Å². The minimum atomic E-state index is 0.315. The molecule has 0 amide bonds. The summed E-state index contributed by atoms with van der Waals surface area (Å²) >= 11 is 0. The molecule has 1 aliphatic rings. The SMILES string of the molecule is C[C@H]1NCc2c(N)ncnc21. The van der Waals surface area contributed by atoms with Crippen LogP contribution in [0, 0.1) is 0 Å². The van der Waals surface area contributed by atoms with Crippen molar-refractivity contribution in [3.8, 4) is 0 Å². The largest absolute Gasteiger partial charge is 0.383 e. The molecule has 11 heavy (non-hydrogen) atoms. The minimum absolute atomic E-state index is 0.315. The lowest BCUT2D eigenvalue weighted by molar-refractivity contribution is 0.623. The Labute approximate surface area is 64.8 Å². The second kappa shape index (κ2) is 2.17. The van der Waals surface area contributed by atoms with Gasteiger partial charge in [-0.05, 0) is 6.92 Å². The summed E-state index contributed by atoms with van der Waals surface area (Å²) in [7, 11) is 0. The highest BCUT2D eigenvalue weighted by Crippen LogP contribution is 2.24. The molecule has 4 heteroatoms. The summed E-state index contributed by atoms with van der Waals surface area (Å²) in [6.07, 6.45) is 1.51. The Bertz CT molecular complexity index is 284. The van der Waals surface area contributed by atoms with Gasteiger partial charge in [-0.15, -0.1) is 0 Å². The van der Waals surface area contributed by atoms with Crippen molar-refractivity contribution in [3.05, 3.63) is 17.6 Å². The summed E-state index contributed by atoms with van der Waals surface area (Å²) in [4.78, 5) is 8.06. The van der Waals surface area contributed by atoms with Crippen LogP contribution in [0.1, 0.15) is 24.2 Å². The summed E-state index contributed by atoms with van der Waals surface area (Å²) < 4.78 is 0. The van der Waals surface area contributed by atoms with Gasteiger partial charge in [0.05, 0.1) is 5.69 Å². The fourth-order valence-corrected chi connectivity index (χ4v) is 1.35. The molecule has 1 aromatic rings. The van der Waals surface area contributed by atoms with Gasteiger partial charge in [-0.3, -0.25) is 0 Å². The van der Waals surface area contributed by atoms with Crippen molar-refractivity contribution in [3.63, 3.8) is 0 Å². The van der Waals surface area contributed by atoms with Gasteiger partial charge < -0.3 is 11.1 Å². The zero-order chi connectivity index (χ0) is 7.84. The lowest BCUT2D eigenvalue weighted by Crippen LogP contribution is -2.07.